The maximum absolute atomic E-state index is 2.41. The van der Waals surface area contributed by atoms with Crippen LogP contribution in [0.3, 0.4) is 0 Å². The molecule has 0 aromatic rings. The molecule has 0 nitrogen and oxygen atoms in total. The maximum atomic E-state index is 2.41. The highest BCUT2D eigenvalue weighted by molar-refractivity contribution is 4.89. The third kappa shape index (κ3) is 6.71. The summed E-state index contributed by atoms with van der Waals surface area (Å²) >= 11 is 0. The van der Waals surface area contributed by atoms with Crippen LogP contribution in [-0.2, 0) is 0 Å². The molecule has 0 N–H and O–H groups in total. The second-order valence-corrected chi connectivity index (χ2v) is 5.50. The van der Waals surface area contributed by atoms with Crippen LogP contribution in [0.5, 0.6) is 0 Å². The van der Waals surface area contributed by atoms with E-state index in [2.05, 4.69) is 38.2 Å². The summed E-state index contributed by atoms with van der Waals surface area (Å²) in [6, 6.07) is 0. The maximum Gasteiger partial charge on any atom is -0.0233 e. The molecule has 17 heavy (non-hydrogen) atoms. The van der Waals surface area contributed by atoms with E-state index in [0.29, 0.717) is 0 Å². The van der Waals surface area contributed by atoms with Gasteiger partial charge in [0.1, 0.15) is 0 Å². The lowest BCUT2D eigenvalue weighted by Gasteiger charge is -2.26. The number of hydrogen-bond acceptors (Lipinski definition) is 0. The highest BCUT2D eigenvalue weighted by Gasteiger charge is 2.18. The predicted octanol–water partition coefficient (Wildman–Crippen LogP) is 5.90. The smallest absolute Gasteiger partial charge is 0.0233 e. The fraction of sp³-hybridized carbons (Fsp3) is 0.765. The van der Waals surface area contributed by atoms with Crippen LogP contribution in [0.4, 0.5) is 0 Å². The van der Waals surface area contributed by atoms with Gasteiger partial charge in [-0.15, -0.1) is 0 Å². The van der Waals surface area contributed by atoms with Gasteiger partial charge in [-0.05, 0) is 63.7 Å². The zero-order chi connectivity index (χ0) is 12.3. The number of rotatable bonds is 7. The Hall–Kier alpha value is -0.520. The summed E-state index contributed by atoms with van der Waals surface area (Å²) in [5, 5.41) is 0. The van der Waals surface area contributed by atoms with Gasteiger partial charge in [-0.1, -0.05) is 44.1 Å². The molecule has 0 saturated heterocycles. The highest BCUT2D eigenvalue weighted by Crippen LogP contribution is 2.32. The van der Waals surface area contributed by atoms with E-state index in [9.17, 15) is 0 Å². The van der Waals surface area contributed by atoms with Gasteiger partial charge in [0.05, 0.1) is 0 Å². The fourth-order valence-electron chi connectivity index (χ4n) is 2.83. The van der Waals surface area contributed by atoms with Crippen LogP contribution in [0, 0.1) is 11.8 Å². The van der Waals surface area contributed by atoms with E-state index in [1.165, 1.54) is 57.8 Å². The van der Waals surface area contributed by atoms with E-state index >= 15 is 0 Å². The summed E-state index contributed by atoms with van der Waals surface area (Å²) in [7, 11) is 0. The normalized spacial score (nSPS) is 26.0. The van der Waals surface area contributed by atoms with Gasteiger partial charge in [0.15, 0.2) is 0 Å². The molecule has 0 aliphatic heterocycles. The topological polar surface area (TPSA) is 0 Å². The molecule has 0 heteroatoms. The Morgan fingerprint density at radius 2 is 1.71 bits per heavy atom. The van der Waals surface area contributed by atoms with Crippen molar-refractivity contribution in [3.05, 3.63) is 24.3 Å². The van der Waals surface area contributed by atoms with Crippen LogP contribution in [0.15, 0.2) is 24.3 Å². The van der Waals surface area contributed by atoms with E-state index < -0.39 is 0 Å². The molecular formula is C17H30. The second kappa shape index (κ2) is 9.50. The number of hydrogen-bond donors (Lipinski definition) is 0. The summed E-state index contributed by atoms with van der Waals surface area (Å²) in [6.07, 6.45) is 21.9. The van der Waals surface area contributed by atoms with Gasteiger partial charge in [0.25, 0.3) is 0 Å². The number of allylic oxidation sites excluding steroid dienone is 4. The van der Waals surface area contributed by atoms with Gasteiger partial charge in [0, 0.05) is 0 Å². The van der Waals surface area contributed by atoms with Crippen LogP contribution >= 0.6 is 0 Å². The molecule has 0 heterocycles. The van der Waals surface area contributed by atoms with Gasteiger partial charge in [-0.25, -0.2) is 0 Å². The lowest BCUT2D eigenvalue weighted by Crippen LogP contribution is -2.12. The van der Waals surface area contributed by atoms with Crippen LogP contribution < -0.4 is 0 Å². The Morgan fingerprint density at radius 1 is 1.00 bits per heavy atom. The number of unbranched alkanes of at least 4 members (excludes halogenated alkanes) is 2. The second-order valence-electron chi connectivity index (χ2n) is 5.50. The average molecular weight is 234 g/mol. The van der Waals surface area contributed by atoms with Crippen molar-refractivity contribution in [2.24, 2.45) is 11.8 Å². The van der Waals surface area contributed by atoms with Crippen molar-refractivity contribution >= 4 is 0 Å². The molecule has 0 amide bonds. The Kier molecular flexibility index (Phi) is 8.13. The minimum absolute atomic E-state index is 0.886. The Balaban J connectivity index is 2.04. The lowest BCUT2D eigenvalue weighted by atomic mass is 9.80. The molecule has 1 saturated carbocycles. The van der Waals surface area contributed by atoms with Crippen molar-refractivity contribution < 1.29 is 0 Å². The molecule has 0 unspecified atom stereocenters. The zero-order valence-corrected chi connectivity index (χ0v) is 11.8. The van der Waals surface area contributed by atoms with Gasteiger partial charge in [0.2, 0.25) is 0 Å². The van der Waals surface area contributed by atoms with E-state index in [0.717, 1.165) is 11.8 Å². The van der Waals surface area contributed by atoms with Crippen LogP contribution in [0.25, 0.3) is 0 Å². The molecule has 0 aromatic heterocycles. The molecule has 0 atom stereocenters. The van der Waals surface area contributed by atoms with Crippen molar-refractivity contribution in [3.8, 4) is 0 Å². The molecule has 1 aliphatic rings. The van der Waals surface area contributed by atoms with Gasteiger partial charge in [-0.2, -0.15) is 0 Å². The highest BCUT2D eigenvalue weighted by atomic mass is 14.2. The van der Waals surface area contributed by atoms with E-state index in [1.54, 1.807) is 0 Å². The summed E-state index contributed by atoms with van der Waals surface area (Å²) in [5.41, 5.74) is 0. The Labute approximate surface area is 108 Å². The molecule has 0 spiro atoms. The molecule has 98 valence electrons. The first-order valence-corrected chi connectivity index (χ1v) is 7.64. The van der Waals surface area contributed by atoms with Crippen molar-refractivity contribution in [3.63, 3.8) is 0 Å². The van der Waals surface area contributed by atoms with Crippen molar-refractivity contribution in [2.45, 2.75) is 71.6 Å². The lowest BCUT2D eigenvalue weighted by molar-refractivity contribution is 0.297. The van der Waals surface area contributed by atoms with Crippen LogP contribution in [0.1, 0.15) is 71.6 Å². The Morgan fingerprint density at radius 3 is 2.35 bits per heavy atom. The van der Waals surface area contributed by atoms with E-state index in [-0.39, 0.29) is 0 Å². The molecule has 1 aliphatic carbocycles. The molecule has 1 fully saturated rings. The van der Waals surface area contributed by atoms with Gasteiger partial charge < -0.3 is 0 Å². The minimum atomic E-state index is 0.886. The third-order valence-corrected chi connectivity index (χ3v) is 3.99. The van der Waals surface area contributed by atoms with Crippen molar-refractivity contribution in [2.75, 3.05) is 0 Å². The summed E-state index contributed by atoms with van der Waals surface area (Å²) in [4.78, 5) is 0. The molecule has 0 aromatic carbocycles. The minimum Gasteiger partial charge on any atom is -0.0914 e. The monoisotopic (exact) mass is 234 g/mol. The average Bonchev–Trinajstić information content (AvgIpc) is 2.36. The first kappa shape index (κ1) is 14.5. The first-order valence-electron chi connectivity index (χ1n) is 7.64. The third-order valence-electron chi connectivity index (χ3n) is 3.99. The fourth-order valence-corrected chi connectivity index (χ4v) is 2.83. The quantitative estimate of drug-likeness (QED) is 0.380. The summed E-state index contributed by atoms with van der Waals surface area (Å²) < 4.78 is 0. The standard InChI is InChI=1S/C17H30/c1-3-5-6-7-8-9-11-17-14-12-16(10-4-2)13-15-17/h4,7-8,10,16-17H,3,5-6,9,11-15H2,1-2H3/b8-7+,10-4+. The zero-order valence-electron chi connectivity index (χ0n) is 11.8. The molecule has 0 radical (unpaired) electrons. The van der Waals surface area contributed by atoms with Crippen molar-refractivity contribution in [1.29, 1.82) is 0 Å². The summed E-state index contributed by atoms with van der Waals surface area (Å²) in [5.74, 6) is 1.89. The van der Waals surface area contributed by atoms with Crippen LogP contribution in [0.2, 0.25) is 0 Å². The Bertz CT molecular complexity index is 216. The SMILES string of the molecule is C/C=C/C1CCC(CC/C=C/CCCC)CC1. The predicted molar refractivity (Wildman–Crippen MR) is 78.2 cm³/mol. The van der Waals surface area contributed by atoms with Crippen molar-refractivity contribution in [1.82, 2.24) is 0 Å². The van der Waals surface area contributed by atoms with Gasteiger partial charge >= 0.3 is 0 Å². The molecule has 0 bridgehead atoms. The van der Waals surface area contributed by atoms with Crippen LogP contribution in [-0.4, -0.2) is 0 Å². The van der Waals surface area contributed by atoms with E-state index in [1.807, 2.05) is 0 Å². The van der Waals surface area contributed by atoms with E-state index in [4.69, 9.17) is 0 Å². The largest absolute Gasteiger partial charge is 0.0914 e. The summed E-state index contributed by atoms with van der Waals surface area (Å²) in [6.45, 7) is 4.41. The first-order chi connectivity index (χ1) is 8.36. The molecular weight excluding hydrogens is 204 g/mol. The molecule has 1 rings (SSSR count). The van der Waals surface area contributed by atoms with Gasteiger partial charge in [-0.3, -0.25) is 0 Å².